The fraction of sp³-hybridized carbons (Fsp3) is 0.429. The van der Waals surface area contributed by atoms with Crippen LogP contribution in [0.25, 0.3) is 0 Å². The van der Waals surface area contributed by atoms with Crippen molar-refractivity contribution in [2.45, 2.75) is 39.1 Å². The first-order chi connectivity index (χ1) is 14.2. The van der Waals surface area contributed by atoms with Gasteiger partial charge in [0.25, 0.3) is 5.91 Å². The van der Waals surface area contributed by atoms with Crippen LogP contribution in [0, 0.1) is 6.92 Å². The number of carbonyl (C=O) groups excluding carboxylic acids is 1. The van der Waals surface area contributed by atoms with Gasteiger partial charge in [-0.25, -0.2) is 4.98 Å². The second-order valence-electron chi connectivity index (χ2n) is 7.80. The quantitative estimate of drug-likeness (QED) is 0.782. The van der Waals surface area contributed by atoms with Crippen molar-refractivity contribution in [2.75, 3.05) is 25.0 Å². The molecule has 1 aromatic carbocycles. The zero-order valence-electron chi connectivity index (χ0n) is 16.9. The molecule has 1 saturated heterocycles. The number of halogens is 3. The van der Waals surface area contributed by atoms with E-state index >= 15 is 0 Å². The van der Waals surface area contributed by atoms with Crippen LogP contribution in [0.5, 0.6) is 5.88 Å². The standard InChI is InChI=1S/C21H23F3N4O2/c1-11(2)30-19-18(12(3)4-5-26-19)27-13-8-14-16-10-25-6-7-28(16)20(29)17(14)15(9-13)21(22,23)24/h4-5,8-9,11,16,25,27H,6-7,10H2,1-3H3/t16-/m0/s1. The van der Waals surface area contributed by atoms with Crippen molar-refractivity contribution in [3.05, 3.63) is 46.6 Å². The highest BCUT2D eigenvalue weighted by molar-refractivity contribution is 6.01. The van der Waals surface area contributed by atoms with Crippen molar-refractivity contribution in [3.8, 4) is 5.88 Å². The van der Waals surface area contributed by atoms with E-state index in [9.17, 15) is 18.0 Å². The van der Waals surface area contributed by atoms with Crippen molar-refractivity contribution in [3.63, 3.8) is 0 Å². The van der Waals surface area contributed by atoms with Crippen molar-refractivity contribution in [1.29, 1.82) is 0 Å². The average Bonchev–Trinajstić information content (AvgIpc) is 2.96. The average molecular weight is 420 g/mol. The highest BCUT2D eigenvalue weighted by Gasteiger charge is 2.45. The Morgan fingerprint density at radius 3 is 2.80 bits per heavy atom. The Hall–Kier alpha value is -2.81. The lowest BCUT2D eigenvalue weighted by Gasteiger charge is -2.30. The SMILES string of the molecule is Cc1ccnc(OC(C)C)c1Nc1cc2c(c(C(F)(F)F)c1)C(=O)N1CCNC[C@@H]21. The maximum absolute atomic E-state index is 13.9. The third kappa shape index (κ3) is 3.58. The molecule has 160 valence electrons. The summed E-state index contributed by atoms with van der Waals surface area (Å²) in [6.45, 7) is 6.89. The number of aromatic nitrogens is 1. The fourth-order valence-electron chi connectivity index (χ4n) is 3.97. The van der Waals surface area contributed by atoms with E-state index < -0.39 is 23.7 Å². The van der Waals surface area contributed by atoms with Gasteiger partial charge in [0.05, 0.1) is 23.3 Å². The third-order valence-corrected chi connectivity index (χ3v) is 5.29. The first-order valence-corrected chi connectivity index (χ1v) is 9.83. The van der Waals surface area contributed by atoms with Crippen LogP contribution < -0.4 is 15.4 Å². The van der Waals surface area contributed by atoms with Gasteiger partial charge in [-0.1, -0.05) is 0 Å². The number of piperazine rings is 1. The molecule has 2 aliphatic heterocycles. The van der Waals surface area contributed by atoms with Crippen molar-refractivity contribution >= 4 is 17.3 Å². The predicted octanol–water partition coefficient (Wildman–Crippen LogP) is 4.04. The number of nitrogens with one attached hydrogen (secondary N) is 2. The first-order valence-electron chi connectivity index (χ1n) is 9.83. The van der Waals surface area contributed by atoms with Crippen LogP contribution in [0.15, 0.2) is 24.4 Å². The number of anilines is 2. The number of aryl methyl sites for hydroxylation is 1. The number of ether oxygens (including phenoxy) is 1. The van der Waals surface area contributed by atoms with Crippen LogP contribution in [0.4, 0.5) is 24.5 Å². The summed E-state index contributed by atoms with van der Waals surface area (Å²) in [5.41, 5.74) is 0.746. The highest BCUT2D eigenvalue weighted by atomic mass is 19.4. The minimum absolute atomic E-state index is 0.148. The molecule has 2 N–H and O–H groups in total. The van der Waals surface area contributed by atoms with E-state index in [-0.39, 0.29) is 17.4 Å². The van der Waals surface area contributed by atoms with Gasteiger partial charge in [0, 0.05) is 31.5 Å². The summed E-state index contributed by atoms with van der Waals surface area (Å²) in [4.78, 5) is 18.5. The molecule has 2 aromatic rings. The summed E-state index contributed by atoms with van der Waals surface area (Å²) < 4.78 is 47.4. The minimum atomic E-state index is -4.65. The number of amides is 1. The van der Waals surface area contributed by atoms with Crippen LogP contribution in [0.1, 0.15) is 46.9 Å². The molecule has 9 heteroatoms. The lowest BCUT2D eigenvalue weighted by Crippen LogP contribution is -2.44. The molecule has 1 aromatic heterocycles. The molecule has 2 aliphatic rings. The summed E-state index contributed by atoms with van der Waals surface area (Å²) >= 11 is 0. The number of pyridine rings is 1. The van der Waals surface area contributed by atoms with Gasteiger partial charge >= 0.3 is 6.18 Å². The van der Waals surface area contributed by atoms with E-state index in [4.69, 9.17) is 4.74 Å². The number of fused-ring (bicyclic) bond motifs is 3. The second-order valence-corrected chi connectivity index (χ2v) is 7.80. The Bertz CT molecular complexity index is 991. The summed E-state index contributed by atoms with van der Waals surface area (Å²) in [5, 5.41) is 6.22. The molecule has 6 nitrogen and oxygen atoms in total. The molecule has 1 fully saturated rings. The van der Waals surface area contributed by atoms with E-state index in [1.54, 1.807) is 18.3 Å². The van der Waals surface area contributed by atoms with Crippen molar-refractivity contribution < 1.29 is 22.7 Å². The number of hydrogen-bond donors (Lipinski definition) is 2. The molecule has 0 unspecified atom stereocenters. The molecule has 4 rings (SSSR count). The van der Waals surface area contributed by atoms with Gasteiger partial charge in [-0.3, -0.25) is 4.79 Å². The van der Waals surface area contributed by atoms with Gasteiger partial charge in [0.1, 0.15) is 5.69 Å². The Morgan fingerprint density at radius 1 is 1.33 bits per heavy atom. The Morgan fingerprint density at radius 2 is 2.10 bits per heavy atom. The van der Waals surface area contributed by atoms with Crippen LogP contribution in [-0.2, 0) is 6.18 Å². The molecule has 0 radical (unpaired) electrons. The van der Waals surface area contributed by atoms with Crippen molar-refractivity contribution in [2.24, 2.45) is 0 Å². The van der Waals surface area contributed by atoms with E-state index in [2.05, 4.69) is 15.6 Å². The number of alkyl halides is 3. The number of hydrogen-bond acceptors (Lipinski definition) is 5. The van der Waals surface area contributed by atoms with Gasteiger partial charge in [0.2, 0.25) is 5.88 Å². The smallest absolute Gasteiger partial charge is 0.417 e. The zero-order chi connectivity index (χ0) is 21.6. The largest absolute Gasteiger partial charge is 0.473 e. The number of rotatable bonds is 4. The maximum atomic E-state index is 13.9. The summed E-state index contributed by atoms with van der Waals surface area (Å²) in [6.07, 6.45) is -3.21. The topological polar surface area (TPSA) is 66.5 Å². The Labute approximate surface area is 172 Å². The molecule has 0 bridgehead atoms. The molecule has 1 amide bonds. The Kier molecular flexibility index (Phi) is 5.09. The van der Waals surface area contributed by atoms with E-state index in [0.29, 0.717) is 36.8 Å². The van der Waals surface area contributed by atoms with Crippen molar-refractivity contribution in [1.82, 2.24) is 15.2 Å². The fourth-order valence-corrected chi connectivity index (χ4v) is 3.97. The number of nitrogens with zero attached hydrogens (tertiary/aromatic N) is 2. The minimum Gasteiger partial charge on any atom is -0.473 e. The lowest BCUT2D eigenvalue weighted by atomic mass is 9.97. The molecule has 1 atom stereocenters. The maximum Gasteiger partial charge on any atom is 0.417 e. The van der Waals surface area contributed by atoms with Gasteiger partial charge in [-0.15, -0.1) is 0 Å². The molecule has 0 aliphatic carbocycles. The molecular weight excluding hydrogens is 397 g/mol. The summed E-state index contributed by atoms with van der Waals surface area (Å²) in [6, 6.07) is 3.97. The van der Waals surface area contributed by atoms with Crippen LogP contribution >= 0.6 is 0 Å². The predicted molar refractivity (Wildman–Crippen MR) is 106 cm³/mol. The van der Waals surface area contributed by atoms with E-state index in [1.165, 1.54) is 4.90 Å². The number of carbonyl (C=O) groups is 1. The number of benzene rings is 1. The zero-order valence-corrected chi connectivity index (χ0v) is 16.9. The van der Waals surface area contributed by atoms with Crippen LogP contribution in [0.3, 0.4) is 0 Å². The monoisotopic (exact) mass is 420 g/mol. The molecule has 0 spiro atoms. The lowest BCUT2D eigenvalue weighted by molar-refractivity contribution is -0.137. The molecular formula is C21H23F3N4O2. The first kappa shape index (κ1) is 20.5. The molecule has 0 saturated carbocycles. The highest BCUT2D eigenvalue weighted by Crippen LogP contribution is 2.44. The summed E-state index contributed by atoms with van der Waals surface area (Å²) in [5.74, 6) is -0.243. The van der Waals surface area contributed by atoms with Gasteiger partial charge in [-0.05, 0) is 50.1 Å². The van der Waals surface area contributed by atoms with E-state index in [0.717, 1.165) is 11.6 Å². The van der Waals surface area contributed by atoms with E-state index in [1.807, 2.05) is 20.8 Å². The van der Waals surface area contributed by atoms with Crippen LogP contribution in [0.2, 0.25) is 0 Å². The second kappa shape index (κ2) is 7.46. The molecule has 3 heterocycles. The normalized spacial score (nSPS) is 18.4. The third-order valence-electron chi connectivity index (χ3n) is 5.29. The van der Waals surface area contributed by atoms with Crippen LogP contribution in [-0.4, -0.2) is 41.5 Å². The molecule has 30 heavy (non-hydrogen) atoms. The Balaban J connectivity index is 1.82. The summed E-state index contributed by atoms with van der Waals surface area (Å²) in [7, 11) is 0. The van der Waals surface area contributed by atoms with Gasteiger partial charge in [-0.2, -0.15) is 13.2 Å². The van der Waals surface area contributed by atoms with Gasteiger partial charge < -0.3 is 20.3 Å². The van der Waals surface area contributed by atoms with Gasteiger partial charge in [0.15, 0.2) is 0 Å².